The Morgan fingerprint density at radius 1 is 1.10 bits per heavy atom. The fourth-order valence-electron chi connectivity index (χ4n) is 3.30. The summed E-state index contributed by atoms with van der Waals surface area (Å²) >= 11 is 0. The van der Waals surface area contributed by atoms with Gasteiger partial charge in [-0.1, -0.05) is 6.07 Å². The standard InChI is InChI=1S/C20H18F2N4O2S/c1-29(27,28)20-24-10-14-12-26(7-6-18(14)25-20)11-13-2-5-19(23-9-13)16-8-15(21)3-4-17(16)22/h2-5,8-10H,6-7,11-12H2,1H3. The Labute approximate surface area is 167 Å². The number of hydrogen-bond acceptors (Lipinski definition) is 6. The summed E-state index contributed by atoms with van der Waals surface area (Å²) < 4.78 is 50.5. The normalized spacial score (nSPS) is 14.6. The van der Waals surface area contributed by atoms with E-state index < -0.39 is 21.5 Å². The van der Waals surface area contributed by atoms with Gasteiger partial charge in [0.25, 0.3) is 0 Å². The maximum atomic E-state index is 13.9. The summed E-state index contributed by atoms with van der Waals surface area (Å²) in [5.74, 6) is -1.03. The van der Waals surface area contributed by atoms with Crippen molar-refractivity contribution in [3.8, 4) is 11.3 Å². The number of halogens is 2. The number of benzene rings is 1. The SMILES string of the molecule is CS(=O)(=O)c1ncc2c(n1)CCN(Cc1ccc(-c3cc(F)ccc3F)nc1)C2. The van der Waals surface area contributed by atoms with E-state index in [0.717, 1.165) is 41.3 Å². The van der Waals surface area contributed by atoms with Gasteiger partial charge in [-0.3, -0.25) is 9.88 Å². The molecule has 150 valence electrons. The highest BCUT2D eigenvalue weighted by atomic mass is 32.2. The van der Waals surface area contributed by atoms with Crippen LogP contribution in [0.3, 0.4) is 0 Å². The molecule has 0 amide bonds. The van der Waals surface area contributed by atoms with Gasteiger partial charge in [0.1, 0.15) is 11.6 Å². The molecule has 0 N–H and O–H groups in total. The van der Waals surface area contributed by atoms with Gasteiger partial charge in [0.05, 0.1) is 11.4 Å². The predicted octanol–water partition coefficient (Wildman–Crippen LogP) is 2.78. The zero-order chi connectivity index (χ0) is 20.6. The molecule has 0 saturated heterocycles. The van der Waals surface area contributed by atoms with Gasteiger partial charge < -0.3 is 0 Å². The van der Waals surface area contributed by atoms with Crippen molar-refractivity contribution in [2.75, 3.05) is 12.8 Å². The Morgan fingerprint density at radius 3 is 2.66 bits per heavy atom. The van der Waals surface area contributed by atoms with Gasteiger partial charge in [-0.15, -0.1) is 0 Å². The summed E-state index contributed by atoms with van der Waals surface area (Å²) in [6.07, 6.45) is 4.94. The number of rotatable bonds is 4. The summed E-state index contributed by atoms with van der Waals surface area (Å²) in [6, 6.07) is 6.80. The average Bonchev–Trinajstić information content (AvgIpc) is 2.69. The third-order valence-electron chi connectivity index (χ3n) is 4.76. The molecular weight excluding hydrogens is 398 g/mol. The van der Waals surface area contributed by atoms with Gasteiger partial charge in [-0.05, 0) is 29.8 Å². The van der Waals surface area contributed by atoms with Gasteiger partial charge in [-0.25, -0.2) is 27.2 Å². The smallest absolute Gasteiger partial charge is 0.246 e. The van der Waals surface area contributed by atoms with Crippen LogP contribution in [0.4, 0.5) is 8.78 Å². The first-order valence-electron chi connectivity index (χ1n) is 8.97. The highest BCUT2D eigenvalue weighted by Gasteiger charge is 2.21. The Balaban J connectivity index is 1.47. The maximum Gasteiger partial charge on any atom is 0.246 e. The lowest BCUT2D eigenvalue weighted by Gasteiger charge is -2.27. The molecule has 3 aromatic rings. The fraction of sp³-hybridized carbons (Fsp3) is 0.250. The van der Waals surface area contributed by atoms with Crippen LogP contribution in [-0.4, -0.2) is 41.1 Å². The highest BCUT2D eigenvalue weighted by molar-refractivity contribution is 7.90. The molecule has 0 unspecified atom stereocenters. The monoisotopic (exact) mass is 416 g/mol. The molecule has 9 heteroatoms. The largest absolute Gasteiger partial charge is 0.294 e. The second-order valence-electron chi connectivity index (χ2n) is 7.03. The molecule has 1 aliphatic rings. The van der Waals surface area contributed by atoms with Crippen LogP contribution >= 0.6 is 0 Å². The Morgan fingerprint density at radius 2 is 1.93 bits per heavy atom. The zero-order valence-electron chi connectivity index (χ0n) is 15.6. The van der Waals surface area contributed by atoms with E-state index in [4.69, 9.17) is 0 Å². The molecule has 0 spiro atoms. The number of fused-ring (bicyclic) bond motifs is 1. The van der Waals surface area contributed by atoms with Gasteiger partial charge in [0, 0.05) is 55.8 Å². The first-order chi connectivity index (χ1) is 13.8. The lowest BCUT2D eigenvalue weighted by molar-refractivity contribution is 0.242. The van der Waals surface area contributed by atoms with Crippen molar-refractivity contribution in [3.63, 3.8) is 0 Å². The van der Waals surface area contributed by atoms with Crippen LogP contribution in [0.5, 0.6) is 0 Å². The molecule has 1 aliphatic heterocycles. The summed E-state index contributed by atoms with van der Waals surface area (Å²) in [6.45, 7) is 1.93. The van der Waals surface area contributed by atoms with Crippen molar-refractivity contribution in [2.24, 2.45) is 0 Å². The van der Waals surface area contributed by atoms with Crippen molar-refractivity contribution in [1.29, 1.82) is 0 Å². The molecule has 2 aromatic heterocycles. The zero-order valence-corrected chi connectivity index (χ0v) is 16.5. The van der Waals surface area contributed by atoms with Crippen LogP contribution in [0.2, 0.25) is 0 Å². The van der Waals surface area contributed by atoms with E-state index in [2.05, 4.69) is 19.9 Å². The van der Waals surface area contributed by atoms with Crippen LogP contribution in [0, 0.1) is 11.6 Å². The molecule has 0 aliphatic carbocycles. The number of hydrogen-bond donors (Lipinski definition) is 0. The Bertz CT molecular complexity index is 1170. The minimum Gasteiger partial charge on any atom is -0.294 e. The third kappa shape index (κ3) is 4.30. The van der Waals surface area contributed by atoms with E-state index in [1.807, 2.05) is 6.07 Å². The topological polar surface area (TPSA) is 76.1 Å². The summed E-state index contributed by atoms with van der Waals surface area (Å²) in [7, 11) is -3.43. The molecule has 0 atom stereocenters. The Kier molecular flexibility index (Phi) is 5.10. The number of nitrogens with zero attached hydrogens (tertiary/aromatic N) is 4. The highest BCUT2D eigenvalue weighted by Crippen LogP contribution is 2.23. The van der Waals surface area contributed by atoms with E-state index in [0.29, 0.717) is 31.7 Å². The Hall–Kier alpha value is -2.78. The average molecular weight is 416 g/mol. The second-order valence-corrected chi connectivity index (χ2v) is 8.94. The van der Waals surface area contributed by atoms with Crippen molar-refractivity contribution in [1.82, 2.24) is 19.9 Å². The van der Waals surface area contributed by atoms with Crippen LogP contribution in [0.1, 0.15) is 16.8 Å². The van der Waals surface area contributed by atoms with Crippen LogP contribution in [0.25, 0.3) is 11.3 Å². The van der Waals surface area contributed by atoms with Crippen LogP contribution in [0.15, 0.2) is 47.9 Å². The van der Waals surface area contributed by atoms with E-state index >= 15 is 0 Å². The molecule has 0 bridgehead atoms. The minimum absolute atomic E-state index is 0.127. The molecule has 0 radical (unpaired) electrons. The van der Waals surface area contributed by atoms with Crippen LogP contribution < -0.4 is 0 Å². The van der Waals surface area contributed by atoms with E-state index in [1.54, 1.807) is 18.5 Å². The molecule has 1 aromatic carbocycles. The quantitative estimate of drug-likeness (QED) is 0.609. The second kappa shape index (κ2) is 7.57. The summed E-state index contributed by atoms with van der Waals surface area (Å²) in [5, 5.41) is -0.144. The predicted molar refractivity (Wildman–Crippen MR) is 103 cm³/mol. The van der Waals surface area contributed by atoms with Gasteiger partial charge in [0.15, 0.2) is 0 Å². The molecule has 0 fully saturated rings. The van der Waals surface area contributed by atoms with E-state index in [1.165, 1.54) is 0 Å². The third-order valence-corrected chi connectivity index (χ3v) is 5.62. The molecule has 3 heterocycles. The summed E-state index contributed by atoms with van der Waals surface area (Å²) in [5.41, 5.74) is 3.09. The number of aromatic nitrogens is 3. The van der Waals surface area contributed by atoms with Crippen molar-refractivity contribution in [2.45, 2.75) is 24.7 Å². The first-order valence-corrected chi connectivity index (χ1v) is 10.9. The van der Waals surface area contributed by atoms with Gasteiger partial charge >= 0.3 is 0 Å². The summed E-state index contributed by atoms with van der Waals surface area (Å²) in [4.78, 5) is 14.6. The van der Waals surface area contributed by atoms with Gasteiger partial charge in [0.2, 0.25) is 15.0 Å². The maximum absolute atomic E-state index is 13.9. The van der Waals surface area contributed by atoms with Crippen LogP contribution in [-0.2, 0) is 29.3 Å². The first kappa shape index (κ1) is 19.5. The molecule has 29 heavy (non-hydrogen) atoms. The fourth-order valence-corrected chi connectivity index (χ4v) is 3.82. The number of pyridine rings is 1. The lowest BCUT2D eigenvalue weighted by Crippen LogP contribution is -2.31. The van der Waals surface area contributed by atoms with E-state index in [-0.39, 0.29) is 10.7 Å². The number of sulfone groups is 1. The van der Waals surface area contributed by atoms with Crippen molar-refractivity contribution < 1.29 is 17.2 Å². The minimum atomic E-state index is -3.43. The van der Waals surface area contributed by atoms with Crippen molar-refractivity contribution in [3.05, 3.63) is 71.2 Å². The molecule has 4 rings (SSSR count). The lowest BCUT2D eigenvalue weighted by atomic mass is 10.1. The van der Waals surface area contributed by atoms with Gasteiger partial charge in [-0.2, -0.15) is 0 Å². The molecular formula is C20H18F2N4O2S. The van der Waals surface area contributed by atoms with Crippen molar-refractivity contribution >= 4 is 9.84 Å². The van der Waals surface area contributed by atoms with E-state index in [9.17, 15) is 17.2 Å². The molecule has 0 saturated carbocycles. The molecule has 6 nitrogen and oxygen atoms in total.